The highest BCUT2D eigenvalue weighted by Crippen LogP contribution is 2.31. The molecule has 0 radical (unpaired) electrons. The number of rotatable bonds is 4. The summed E-state index contributed by atoms with van der Waals surface area (Å²) >= 11 is 12.1. The molecule has 1 aliphatic rings. The quantitative estimate of drug-likeness (QED) is 0.691. The molecule has 1 aliphatic heterocycles. The molecule has 0 atom stereocenters. The van der Waals surface area contributed by atoms with Crippen molar-refractivity contribution >= 4 is 28.9 Å². The maximum absolute atomic E-state index is 6.09. The van der Waals surface area contributed by atoms with Gasteiger partial charge in [0.1, 0.15) is 0 Å². The minimum absolute atomic E-state index is 0.593. The van der Waals surface area contributed by atoms with Crippen LogP contribution in [-0.4, -0.2) is 13.1 Å². The second kappa shape index (κ2) is 6.52. The zero-order valence-corrected chi connectivity index (χ0v) is 14.6. The Balaban J connectivity index is 1.70. The molecule has 0 saturated heterocycles. The highest BCUT2D eigenvalue weighted by Gasteiger charge is 2.19. The molecular formula is C19H21Cl2N. The second-order valence-electron chi connectivity index (χ2n) is 6.28. The van der Waals surface area contributed by atoms with E-state index in [9.17, 15) is 0 Å². The molecule has 0 amide bonds. The van der Waals surface area contributed by atoms with Gasteiger partial charge < -0.3 is 4.90 Å². The lowest BCUT2D eigenvalue weighted by Crippen LogP contribution is -2.23. The van der Waals surface area contributed by atoms with Crippen molar-refractivity contribution in [3.8, 4) is 0 Å². The first-order valence-corrected chi connectivity index (χ1v) is 8.62. The van der Waals surface area contributed by atoms with Crippen LogP contribution in [0.3, 0.4) is 0 Å². The van der Waals surface area contributed by atoms with Gasteiger partial charge in [0.25, 0.3) is 0 Å². The standard InChI is InChI=1S/C19H21Cl2N/c1-13(2)15-4-6-19-16(12-15)8-10-22(19)9-7-14-3-5-17(20)18(21)11-14/h3-6,11-13H,7-10H2,1-2H3. The molecule has 3 rings (SSSR count). The van der Waals surface area contributed by atoms with Gasteiger partial charge >= 0.3 is 0 Å². The van der Waals surface area contributed by atoms with E-state index < -0.39 is 0 Å². The van der Waals surface area contributed by atoms with Crippen molar-refractivity contribution in [3.63, 3.8) is 0 Å². The first-order chi connectivity index (χ1) is 10.5. The van der Waals surface area contributed by atoms with Crippen LogP contribution in [0.2, 0.25) is 10.0 Å². The molecule has 1 nitrogen and oxygen atoms in total. The fourth-order valence-corrected chi connectivity index (χ4v) is 3.36. The Bertz CT molecular complexity index is 679. The highest BCUT2D eigenvalue weighted by atomic mass is 35.5. The summed E-state index contributed by atoms with van der Waals surface area (Å²) in [6.45, 7) is 6.63. The Labute approximate surface area is 142 Å². The van der Waals surface area contributed by atoms with Crippen LogP contribution in [0.1, 0.15) is 36.5 Å². The van der Waals surface area contributed by atoms with Gasteiger partial charge in [-0.25, -0.2) is 0 Å². The number of fused-ring (bicyclic) bond motifs is 1. The van der Waals surface area contributed by atoms with Gasteiger partial charge in [0.05, 0.1) is 10.0 Å². The van der Waals surface area contributed by atoms with Crippen LogP contribution in [0.15, 0.2) is 36.4 Å². The molecule has 0 N–H and O–H groups in total. The third kappa shape index (κ3) is 3.26. The van der Waals surface area contributed by atoms with Crippen LogP contribution in [0.5, 0.6) is 0 Å². The third-order valence-corrected chi connectivity index (χ3v) is 5.16. The predicted molar refractivity (Wildman–Crippen MR) is 96.6 cm³/mol. The lowest BCUT2D eigenvalue weighted by Gasteiger charge is -2.20. The van der Waals surface area contributed by atoms with Crippen molar-refractivity contribution in [2.45, 2.75) is 32.6 Å². The second-order valence-corrected chi connectivity index (χ2v) is 7.09. The average molecular weight is 334 g/mol. The van der Waals surface area contributed by atoms with E-state index >= 15 is 0 Å². The van der Waals surface area contributed by atoms with Gasteiger partial charge in [0, 0.05) is 18.8 Å². The summed E-state index contributed by atoms with van der Waals surface area (Å²) in [6, 6.07) is 12.8. The Kier molecular flexibility index (Phi) is 4.65. The third-order valence-electron chi connectivity index (χ3n) is 4.42. The molecule has 2 aromatic rings. The van der Waals surface area contributed by atoms with Crippen LogP contribution in [0, 0.1) is 0 Å². The number of anilines is 1. The van der Waals surface area contributed by atoms with Crippen molar-refractivity contribution in [1.82, 2.24) is 0 Å². The van der Waals surface area contributed by atoms with Gasteiger partial charge in [-0.1, -0.05) is 55.2 Å². The molecule has 116 valence electrons. The summed E-state index contributed by atoms with van der Waals surface area (Å²) in [6.07, 6.45) is 2.14. The molecule has 2 aromatic carbocycles. The first kappa shape index (κ1) is 15.7. The zero-order valence-electron chi connectivity index (χ0n) is 13.1. The molecule has 0 fully saturated rings. The molecule has 0 bridgehead atoms. The SMILES string of the molecule is CC(C)c1ccc2c(c1)CCN2CCc1ccc(Cl)c(Cl)c1. The van der Waals surface area contributed by atoms with E-state index in [-0.39, 0.29) is 0 Å². The minimum Gasteiger partial charge on any atom is -0.371 e. The van der Waals surface area contributed by atoms with Crippen molar-refractivity contribution < 1.29 is 0 Å². The Morgan fingerprint density at radius 2 is 1.86 bits per heavy atom. The lowest BCUT2D eigenvalue weighted by molar-refractivity contribution is 0.813. The number of hydrogen-bond acceptors (Lipinski definition) is 1. The maximum atomic E-state index is 6.09. The molecule has 0 saturated carbocycles. The van der Waals surface area contributed by atoms with E-state index in [4.69, 9.17) is 23.2 Å². The van der Waals surface area contributed by atoms with Gasteiger partial charge in [0.2, 0.25) is 0 Å². The van der Waals surface area contributed by atoms with Gasteiger partial charge in [-0.3, -0.25) is 0 Å². The molecular weight excluding hydrogens is 313 g/mol. The fraction of sp³-hybridized carbons (Fsp3) is 0.368. The van der Waals surface area contributed by atoms with Crippen molar-refractivity contribution in [2.24, 2.45) is 0 Å². The summed E-state index contributed by atoms with van der Waals surface area (Å²) in [4.78, 5) is 2.47. The number of nitrogens with zero attached hydrogens (tertiary/aromatic N) is 1. The van der Waals surface area contributed by atoms with E-state index in [1.165, 1.54) is 22.4 Å². The topological polar surface area (TPSA) is 3.24 Å². The highest BCUT2D eigenvalue weighted by molar-refractivity contribution is 6.42. The largest absolute Gasteiger partial charge is 0.371 e. The van der Waals surface area contributed by atoms with Gasteiger partial charge in [0.15, 0.2) is 0 Å². The Hall–Kier alpha value is -1.18. The Morgan fingerprint density at radius 1 is 1.05 bits per heavy atom. The predicted octanol–water partition coefficient (Wildman–Crippen LogP) is 5.72. The van der Waals surface area contributed by atoms with Crippen LogP contribution in [0.25, 0.3) is 0 Å². The zero-order chi connectivity index (χ0) is 15.7. The smallest absolute Gasteiger partial charge is 0.0595 e. The molecule has 0 aliphatic carbocycles. The van der Waals surface area contributed by atoms with Crippen molar-refractivity contribution in [1.29, 1.82) is 0 Å². The lowest BCUT2D eigenvalue weighted by atomic mass is 10.00. The summed E-state index contributed by atoms with van der Waals surface area (Å²) in [5, 5.41) is 1.26. The molecule has 0 aromatic heterocycles. The maximum Gasteiger partial charge on any atom is 0.0595 e. The molecule has 3 heteroatoms. The van der Waals surface area contributed by atoms with Crippen LogP contribution < -0.4 is 4.90 Å². The summed E-state index contributed by atoms with van der Waals surface area (Å²) in [5.41, 5.74) is 5.55. The average Bonchev–Trinajstić information content (AvgIpc) is 2.90. The van der Waals surface area contributed by atoms with E-state index in [0.29, 0.717) is 16.0 Å². The fourth-order valence-electron chi connectivity index (χ4n) is 3.04. The van der Waals surface area contributed by atoms with E-state index in [0.717, 1.165) is 25.9 Å². The van der Waals surface area contributed by atoms with Gasteiger partial charge in [-0.15, -0.1) is 0 Å². The van der Waals surface area contributed by atoms with E-state index in [1.807, 2.05) is 12.1 Å². The summed E-state index contributed by atoms with van der Waals surface area (Å²) in [5.74, 6) is 0.593. The summed E-state index contributed by atoms with van der Waals surface area (Å²) < 4.78 is 0. The number of benzene rings is 2. The minimum atomic E-state index is 0.593. The van der Waals surface area contributed by atoms with Crippen molar-refractivity contribution in [3.05, 3.63) is 63.1 Å². The molecule has 1 heterocycles. The normalized spacial score (nSPS) is 13.8. The van der Waals surface area contributed by atoms with E-state index in [2.05, 4.69) is 43.0 Å². The van der Waals surface area contributed by atoms with Crippen LogP contribution >= 0.6 is 23.2 Å². The number of hydrogen-bond donors (Lipinski definition) is 0. The molecule has 22 heavy (non-hydrogen) atoms. The summed E-state index contributed by atoms with van der Waals surface area (Å²) in [7, 11) is 0. The Morgan fingerprint density at radius 3 is 2.59 bits per heavy atom. The molecule has 0 spiro atoms. The van der Waals surface area contributed by atoms with Gasteiger partial charge in [-0.2, -0.15) is 0 Å². The van der Waals surface area contributed by atoms with Crippen LogP contribution in [-0.2, 0) is 12.8 Å². The van der Waals surface area contributed by atoms with E-state index in [1.54, 1.807) is 0 Å². The monoisotopic (exact) mass is 333 g/mol. The van der Waals surface area contributed by atoms with Crippen molar-refractivity contribution in [2.75, 3.05) is 18.0 Å². The van der Waals surface area contributed by atoms with Gasteiger partial charge in [-0.05, 0) is 53.6 Å². The number of halogens is 2. The molecule has 0 unspecified atom stereocenters. The van der Waals surface area contributed by atoms with Crippen LogP contribution in [0.4, 0.5) is 5.69 Å². The first-order valence-electron chi connectivity index (χ1n) is 7.86.